The Kier molecular flexibility index (Phi) is 6.28. The molecule has 0 N–H and O–H groups in total. The Morgan fingerprint density at radius 1 is 0.327 bits per heavy atom. The maximum atomic E-state index is 2.45. The van der Waals surface area contributed by atoms with Crippen LogP contribution in [-0.2, 0) is 0 Å². The Hall–Kier alpha value is -6.90. The zero-order valence-corrected chi connectivity index (χ0v) is 28.4. The number of aromatic nitrogens is 1. The van der Waals surface area contributed by atoms with Crippen molar-refractivity contribution < 1.29 is 0 Å². The second kappa shape index (κ2) is 11.3. The van der Waals surface area contributed by atoms with Gasteiger partial charge in [-0.2, -0.15) is 0 Å². The Labute approximate surface area is 302 Å². The summed E-state index contributed by atoms with van der Waals surface area (Å²) in [5, 5.41) is 7.73. The second-order valence-corrected chi connectivity index (χ2v) is 13.7. The fourth-order valence-corrected chi connectivity index (χ4v) is 8.67. The zero-order valence-electron chi connectivity index (χ0n) is 28.4. The molecule has 9 aromatic carbocycles. The molecule has 52 heavy (non-hydrogen) atoms. The highest BCUT2D eigenvalue weighted by molar-refractivity contribution is 6.21. The van der Waals surface area contributed by atoms with Crippen LogP contribution in [0.2, 0.25) is 0 Å². The highest BCUT2D eigenvalue weighted by atomic mass is 15.1. The first kappa shape index (κ1) is 28.9. The number of nitrogens with zero attached hydrogens (tertiary/aromatic N) is 2. The molecule has 0 amide bonds. The third-order valence-corrected chi connectivity index (χ3v) is 10.9. The van der Waals surface area contributed by atoms with E-state index in [-0.39, 0.29) is 0 Å². The predicted molar refractivity (Wildman–Crippen MR) is 220 cm³/mol. The lowest BCUT2D eigenvalue weighted by Crippen LogP contribution is -2.10. The van der Waals surface area contributed by atoms with Gasteiger partial charge in [0, 0.05) is 33.4 Å². The summed E-state index contributed by atoms with van der Waals surface area (Å²) in [5.41, 5.74) is 14.5. The molecule has 1 heterocycles. The molecule has 0 bridgehead atoms. The third kappa shape index (κ3) is 4.25. The van der Waals surface area contributed by atoms with Crippen molar-refractivity contribution in [3.63, 3.8) is 0 Å². The Bertz CT molecular complexity index is 3020. The van der Waals surface area contributed by atoms with Gasteiger partial charge in [0.2, 0.25) is 0 Å². The molecule has 1 aliphatic rings. The molecule has 2 nitrogen and oxygen atoms in total. The highest BCUT2D eigenvalue weighted by Gasteiger charge is 2.24. The lowest BCUT2D eigenvalue weighted by atomic mass is 10.0. The van der Waals surface area contributed by atoms with Gasteiger partial charge in [-0.05, 0) is 104 Å². The average molecular weight is 661 g/mol. The Morgan fingerprint density at radius 2 is 0.981 bits per heavy atom. The van der Waals surface area contributed by atoms with E-state index >= 15 is 0 Å². The molecule has 2 heteroatoms. The molecular weight excluding hydrogens is 629 g/mol. The Balaban J connectivity index is 1.10. The van der Waals surface area contributed by atoms with Crippen LogP contribution in [0.25, 0.3) is 82.4 Å². The first-order valence-electron chi connectivity index (χ1n) is 17.9. The van der Waals surface area contributed by atoms with Gasteiger partial charge in [0.05, 0.1) is 16.7 Å². The molecule has 0 saturated carbocycles. The van der Waals surface area contributed by atoms with E-state index in [0.717, 1.165) is 22.7 Å². The number of hydrogen-bond acceptors (Lipinski definition) is 1. The van der Waals surface area contributed by atoms with Gasteiger partial charge in [0.15, 0.2) is 0 Å². The van der Waals surface area contributed by atoms with Crippen LogP contribution >= 0.6 is 0 Å². The van der Waals surface area contributed by atoms with Crippen LogP contribution < -0.4 is 4.90 Å². The van der Waals surface area contributed by atoms with Crippen LogP contribution in [0.3, 0.4) is 0 Å². The summed E-state index contributed by atoms with van der Waals surface area (Å²) in [6.45, 7) is 0. The highest BCUT2D eigenvalue weighted by Crippen LogP contribution is 2.50. The minimum absolute atomic E-state index is 1.11. The summed E-state index contributed by atoms with van der Waals surface area (Å²) in [6.07, 6.45) is 0. The number of fused-ring (bicyclic) bond motifs is 8. The molecule has 0 saturated heterocycles. The molecule has 0 fully saturated rings. The van der Waals surface area contributed by atoms with E-state index in [1.165, 1.54) is 76.7 Å². The van der Waals surface area contributed by atoms with E-state index in [0.29, 0.717) is 0 Å². The predicted octanol–water partition coefficient (Wildman–Crippen LogP) is 13.9. The van der Waals surface area contributed by atoms with Gasteiger partial charge in [-0.15, -0.1) is 0 Å². The number of para-hydroxylation sites is 3. The van der Waals surface area contributed by atoms with Crippen LogP contribution in [0.1, 0.15) is 0 Å². The first-order chi connectivity index (χ1) is 25.8. The molecule has 11 rings (SSSR count). The van der Waals surface area contributed by atoms with Crippen LogP contribution in [0.5, 0.6) is 0 Å². The van der Waals surface area contributed by atoms with Crippen molar-refractivity contribution in [1.29, 1.82) is 0 Å². The largest absolute Gasteiger partial charge is 0.310 e. The quantitative estimate of drug-likeness (QED) is 0.178. The topological polar surface area (TPSA) is 8.17 Å². The molecular formula is C50H32N2. The summed E-state index contributed by atoms with van der Waals surface area (Å²) in [6, 6.07) is 70.9. The average Bonchev–Trinajstić information content (AvgIpc) is 3.72. The number of hydrogen-bond donors (Lipinski definition) is 0. The van der Waals surface area contributed by atoms with E-state index < -0.39 is 0 Å². The van der Waals surface area contributed by atoms with Crippen LogP contribution in [0.4, 0.5) is 17.1 Å². The molecule has 0 radical (unpaired) electrons. The smallest absolute Gasteiger partial charge is 0.0547 e. The molecule has 0 unspecified atom stereocenters. The molecule has 242 valence electrons. The monoisotopic (exact) mass is 660 g/mol. The zero-order chi connectivity index (χ0) is 34.2. The second-order valence-electron chi connectivity index (χ2n) is 13.7. The van der Waals surface area contributed by atoms with Gasteiger partial charge < -0.3 is 9.47 Å². The molecule has 10 aromatic rings. The van der Waals surface area contributed by atoms with Crippen molar-refractivity contribution in [3.05, 3.63) is 194 Å². The number of benzene rings is 9. The van der Waals surface area contributed by atoms with Crippen molar-refractivity contribution >= 4 is 60.4 Å². The maximum absolute atomic E-state index is 2.45. The van der Waals surface area contributed by atoms with Crippen molar-refractivity contribution in [3.8, 4) is 39.1 Å². The van der Waals surface area contributed by atoms with E-state index in [9.17, 15) is 0 Å². The summed E-state index contributed by atoms with van der Waals surface area (Å²) in [4.78, 5) is 2.39. The molecule has 0 spiro atoms. The van der Waals surface area contributed by atoms with Gasteiger partial charge in [-0.1, -0.05) is 140 Å². The van der Waals surface area contributed by atoms with E-state index in [2.05, 4.69) is 204 Å². The minimum Gasteiger partial charge on any atom is -0.310 e. The van der Waals surface area contributed by atoms with Crippen molar-refractivity contribution in [1.82, 2.24) is 4.57 Å². The summed E-state index contributed by atoms with van der Waals surface area (Å²) >= 11 is 0. The van der Waals surface area contributed by atoms with Crippen molar-refractivity contribution in [2.75, 3.05) is 4.90 Å². The normalized spacial score (nSPS) is 11.8. The van der Waals surface area contributed by atoms with E-state index in [1.54, 1.807) is 0 Å². The fourth-order valence-electron chi connectivity index (χ4n) is 8.67. The van der Waals surface area contributed by atoms with Crippen molar-refractivity contribution in [2.24, 2.45) is 0 Å². The standard InChI is InChI=1S/C50H32N2/c1-2-17-36(18-3-1)51(38-28-29-41-42-23-11-14-34-15-12-24-43(49(34)42)45(41)32-38)37-19-10-16-35(31-37)39-20-6-8-25-46(39)52-47-26-9-7-22-44(47)50-40-21-5-4-13-33(40)27-30-48(50)52/h1-32H. The van der Waals surface area contributed by atoms with Crippen LogP contribution in [0.15, 0.2) is 194 Å². The Morgan fingerprint density at radius 3 is 1.87 bits per heavy atom. The number of rotatable bonds is 5. The molecule has 0 aliphatic heterocycles. The molecule has 1 aliphatic carbocycles. The van der Waals surface area contributed by atoms with Gasteiger partial charge in [0.25, 0.3) is 0 Å². The summed E-state index contributed by atoms with van der Waals surface area (Å²) < 4.78 is 2.45. The molecule has 1 aromatic heterocycles. The summed E-state index contributed by atoms with van der Waals surface area (Å²) in [7, 11) is 0. The SMILES string of the molecule is c1ccc(N(c2cccc(-c3ccccc3-n3c4ccccc4c4c5ccccc5ccc43)c2)c2ccc3c(c2)-c2cccc4cccc-3c24)cc1. The van der Waals surface area contributed by atoms with Gasteiger partial charge in [-0.3, -0.25) is 0 Å². The van der Waals surface area contributed by atoms with Crippen LogP contribution in [-0.4, -0.2) is 4.57 Å². The third-order valence-electron chi connectivity index (χ3n) is 10.9. The fraction of sp³-hybridized carbons (Fsp3) is 0. The van der Waals surface area contributed by atoms with E-state index in [1.807, 2.05) is 0 Å². The maximum Gasteiger partial charge on any atom is 0.0547 e. The van der Waals surface area contributed by atoms with Gasteiger partial charge in [0.1, 0.15) is 0 Å². The van der Waals surface area contributed by atoms with Crippen LogP contribution in [0, 0.1) is 0 Å². The van der Waals surface area contributed by atoms with Gasteiger partial charge >= 0.3 is 0 Å². The lowest BCUT2D eigenvalue weighted by Gasteiger charge is -2.27. The van der Waals surface area contributed by atoms with Crippen molar-refractivity contribution in [2.45, 2.75) is 0 Å². The molecule has 0 atom stereocenters. The van der Waals surface area contributed by atoms with E-state index in [4.69, 9.17) is 0 Å². The summed E-state index contributed by atoms with van der Waals surface area (Å²) in [5.74, 6) is 0. The first-order valence-corrected chi connectivity index (χ1v) is 17.9. The minimum atomic E-state index is 1.11. The van der Waals surface area contributed by atoms with Gasteiger partial charge in [-0.25, -0.2) is 0 Å². The lowest BCUT2D eigenvalue weighted by molar-refractivity contribution is 1.18. The number of anilines is 3.